The number of ether oxygens (including phenoxy) is 1. The summed E-state index contributed by atoms with van der Waals surface area (Å²) < 4.78 is 5.10. The molecular weight excluding hydrogens is 418 g/mol. The second-order valence-electron chi connectivity index (χ2n) is 10.3. The van der Waals surface area contributed by atoms with E-state index in [1.54, 1.807) is 31.9 Å². The summed E-state index contributed by atoms with van der Waals surface area (Å²) in [4.78, 5) is 42.9. The molecule has 7 heteroatoms. The smallest absolute Gasteiger partial charge is 0.333 e. The normalized spacial score (nSPS) is 19.5. The van der Waals surface area contributed by atoms with Gasteiger partial charge in [0.1, 0.15) is 6.04 Å². The van der Waals surface area contributed by atoms with E-state index in [9.17, 15) is 14.4 Å². The maximum Gasteiger partial charge on any atom is 0.333 e. The third-order valence-corrected chi connectivity index (χ3v) is 6.33. The Morgan fingerprint density at radius 3 is 2.27 bits per heavy atom. The second kappa shape index (κ2) is 13.7. The van der Waals surface area contributed by atoms with Crippen LogP contribution in [0.25, 0.3) is 0 Å². The maximum absolute atomic E-state index is 13.6. The van der Waals surface area contributed by atoms with Crippen LogP contribution in [-0.4, -0.2) is 72.0 Å². The molecule has 0 spiro atoms. The van der Waals surface area contributed by atoms with Crippen molar-refractivity contribution >= 4 is 17.8 Å². The monoisotopic (exact) mass is 465 g/mol. The van der Waals surface area contributed by atoms with Crippen LogP contribution in [-0.2, 0) is 19.1 Å². The van der Waals surface area contributed by atoms with Crippen LogP contribution in [0.2, 0.25) is 0 Å². The van der Waals surface area contributed by atoms with E-state index in [-0.39, 0.29) is 47.7 Å². The summed E-state index contributed by atoms with van der Waals surface area (Å²) in [5.41, 5.74) is 0.481. The molecule has 0 aromatic rings. The number of nitrogens with one attached hydrogen (secondary N) is 1. The Labute approximate surface area is 201 Å². The van der Waals surface area contributed by atoms with Gasteiger partial charge in [-0.15, -0.1) is 0 Å². The van der Waals surface area contributed by atoms with Gasteiger partial charge in [-0.1, -0.05) is 40.2 Å². The Bertz CT molecular complexity index is 687. The average molecular weight is 466 g/mol. The summed E-state index contributed by atoms with van der Waals surface area (Å²) in [6, 6.07) is -0.797. The largest absolute Gasteiger partial charge is 0.463 e. The van der Waals surface area contributed by atoms with Crippen LogP contribution in [0.1, 0.15) is 81.1 Å². The molecule has 0 unspecified atom stereocenters. The highest BCUT2D eigenvalue weighted by molar-refractivity contribution is 5.90. The lowest BCUT2D eigenvalue weighted by Gasteiger charge is -2.39. The molecule has 33 heavy (non-hydrogen) atoms. The molecule has 1 aliphatic heterocycles. The van der Waals surface area contributed by atoms with Crippen molar-refractivity contribution in [2.75, 3.05) is 20.2 Å². The third-order valence-electron chi connectivity index (χ3n) is 6.33. The highest BCUT2D eigenvalue weighted by Gasteiger charge is 2.35. The number of carbonyl (C=O) groups excluding carboxylic acids is 3. The van der Waals surface area contributed by atoms with Gasteiger partial charge in [0.2, 0.25) is 11.8 Å². The number of amides is 2. The Hall–Kier alpha value is -1.89. The number of rotatable bonds is 11. The Balaban J connectivity index is 3.09. The fourth-order valence-electron chi connectivity index (χ4n) is 4.53. The third kappa shape index (κ3) is 8.76. The zero-order valence-corrected chi connectivity index (χ0v) is 22.3. The van der Waals surface area contributed by atoms with Gasteiger partial charge in [-0.25, -0.2) is 4.79 Å². The van der Waals surface area contributed by atoms with E-state index in [0.29, 0.717) is 18.6 Å². The van der Waals surface area contributed by atoms with Gasteiger partial charge in [0, 0.05) is 18.7 Å². The molecule has 0 saturated carbocycles. The molecule has 1 heterocycles. The molecule has 3 atom stereocenters. The van der Waals surface area contributed by atoms with Gasteiger partial charge in [0.15, 0.2) is 0 Å². The van der Waals surface area contributed by atoms with E-state index in [1.807, 2.05) is 13.8 Å². The van der Waals surface area contributed by atoms with Crippen molar-refractivity contribution in [1.82, 2.24) is 15.1 Å². The molecule has 0 aromatic carbocycles. The lowest BCUT2D eigenvalue weighted by Crippen LogP contribution is -2.57. The number of nitrogens with zero attached hydrogens (tertiary/aromatic N) is 2. The number of likely N-dealkylation sites (N-methyl/N-ethyl adjacent to an activating group) is 1. The van der Waals surface area contributed by atoms with Gasteiger partial charge in [-0.05, 0) is 65.3 Å². The molecule has 1 aliphatic rings. The molecule has 0 aliphatic carbocycles. The minimum Gasteiger partial charge on any atom is -0.463 e. The van der Waals surface area contributed by atoms with E-state index in [4.69, 9.17) is 4.74 Å². The van der Waals surface area contributed by atoms with Crippen molar-refractivity contribution in [3.63, 3.8) is 0 Å². The molecular formula is C26H47N3O4. The number of hydrogen-bond donors (Lipinski definition) is 1. The molecule has 0 aromatic heterocycles. The minimum atomic E-state index is -0.601. The summed E-state index contributed by atoms with van der Waals surface area (Å²) in [7, 11) is 1.75. The number of hydrogen-bond acceptors (Lipinski definition) is 5. The molecule has 0 bridgehead atoms. The fraction of sp³-hybridized carbons (Fsp3) is 0.808. The van der Waals surface area contributed by atoms with E-state index in [2.05, 4.69) is 37.9 Å². The van der Waals surface area contributed by atoms with Gasteiger partial charge in [0.25, 0.3) is 0 Å². The summed E-state index contributed by atoms with van der Waals surface area (Å²) in [5.74, 6) is -0.226. The predicted molar refractivity (Wildman–Crippen MR) is 133 cm³/mol. The Morgan fingerprint density at radius 2 is 1.76 bits per heavy atom. The molecule has 1 fully saturated rings. The highest BCUT2D eigenvalue weighted by Crippen LogP contribution is 2.21. The van der Waals surface area contributed by atoms with Crippen molar-refractivity contribution in [3.8, 4) is 0 Å². The Morgan fingerprint density at radius 1 is 1.12 bits per heavy atom. The highest BCUT2D eigenvalue weighted by atomic mass is 16.5. The van der Waals surface area contributed by atoms with E-state index < -0.39 is 6.04 Å². The topological polar surface area (TPSA) is 79.0 Å². The van der Waals surface area contributed by atoms with Crippen molar-refractivity contribution in [3.05, 3.63) is 11.6 Å². The molecule has 1 saturated heterocycles. The number of piperidine rings is 1. The standard InChI is InChI=1S/C26H47N3O4/c1-10-33-26(32)20(8)16-23(18(4)5)28(9)25(31)21(15-17(2)3)27-24(30)22-13-11-12-14-29(22)19(6)7/h16-19,21-23H,10-15H2,1-9H3,(H,27,30)/b20-16+/t21-,22+,23+/m0/s1. The second-order valence-corrected chi connectivity index (χ2v) is 10.3. The average Bonchev–Trinajstić information content (AvgIpc) is 2.75. The lowest BCUT2D eigenvalue weighted by atomic mass is 9.96. The molecule has 1 N–H and O–H groups in total. The van der Waals surface area contributed by atoms with Crippen LogP contribution >= 0.6 is 0 Å². The lowest BCUT2D eigenvalue weighted by molar-refractivity contribution is -0.140. The Kier molecular flexibility index (Phi) is 12.1. The molecule has 1 rings (SSSR count). The fourth-order valence-corrected chi connectivity index (χ4v) is 4.53. The molecule has 7 nitrogen and oxygen atoms in total. The van der Waals surface area contributed by atoms with Gasteiger partial charge in [-0.3, -0.25) is 14.5 Å². The first-order valence-electron chi connectivity index (χ1n) is 12.6. The van der Waals surface area contributed by atoms with Crippen LogP contribution in [0.15, 0.2) is 11.6 Å². The SMILES string of the molecule is CCOC(=O)/C(C)=C/[C@H](C(C)C)N(C)C(=O)[C@H](CC(C)C)NC(=O)[C@H]1CCCCN1C(C)C. The van der Waals surface area contributed by atoms with E-state index in [0.717, 1.165) is 25.8 Å². The summed E-state index contributed by atoms with van der Waals surface area (Å²) in [6.45, 7) is 17.1. The number of likely N-dealkylation sites (tertiary alicyclic amines) is 1. The molecule has 0 radical (unpaired) electrons. The number of esters is 1. The quantitative estimate of drug-likeness (QED) is 0.371. The molecule has 190 valence electrons. The van der Waals surface area contributed by atoms with Crippen LogP contribution in [0.5, 0.6) is 0 Å². The summed E-state index contributed by atoms with van der Waals surface area (Å²) in [5, 5.41) is 3.09. The zero-order chi connectivity index (χ0) is 25.3. The van der Waals surface area contributed by atoms with E-state index >= 15 is 0 Å². The summed E-state index contributed by atoms with van der Waals surface area (Å²) in [6.07, 6.45) is 5.31. The van der Waals surface area contributed by atoms with Gasteiger partial charge in [-0.2, -0.15) is 0 Å². The van der Waals surface area contributed by atoms with Crippen LogP contribution in [0, 0.1) is 11.8 Å². The first-order chi connectivity index (χ1) is 15.4. The molecule has 2 amide bonds. The van der Waals surface area contributed by atoms with Crippen LogP contribution < -0.4 is 5.32 Å². The van der Waals surface area contributed by atoms with Crippen molar-refractivity contribution in [2.45, 2.75) is 105 Å². The van der Waals surface area contributed by atoms with Gasteiger partial charge in [0.05, 0.1) is 18.7 Å². The zero-order valence-electron chi connectivity index (χ0n) is 22.3. The minimum absolute atomic E-state index is 0.0601. The first kappa shape index (κ1) is 29.1. The number of carbonyl (C=O) groups is 3. The van der Waals surface area contributed by atoms with E-state index in [1.165, 1.54) is 0 Å². The summed E-state index contributed by atoms with van der Waals surface area (Å²) >= 11 is 0. The van der Waals surface area contributed by atoms with Gasteiger partial charge >= 0.3 is 5.97 Å². The van der Waals surface area contributed by atoms with Gasteiger partial charge < -0.3 is 15.0 Å². The van der Waals surface area contributed by atoms with Crippen molar-refractivity contribution in [1.29, 1.82) is 0 Å². The van der Waals surface area contributed by atoms with Crippen molar-refractivity contribution < 1.29 is 19.1 Å². The van der Waals surface area contributed by atoms with Crippen LogP contribution in [0.3, 0.4) is 0 Å². The maximum atomic E-state index is 13.6. The first-order valence-corrected chi connectivity index (χ1v) is 12.6. The van der Waals surface area contributed by atoms with Crippen LogP contribution in [0.4, 0.5) is 0 Å². The van der Waals surface area contributed by atoms with Crippen molar-refractivity contribution in [2.24, 2.45) is 11.8 Å². The predicted octanol–water partition coefficient (Wildman–Crippen LogP) is 3.77.